The fourth-order valence-corrected chi connectivity index (χ4v) is 5.36. The summed E-state index contributed by atoms with van der Waals surface area (Å²) in [5.74, 6) is 0. The molecule has 0 aliphatic heterocycles. The molecule has 2 saturated carbocycles. The fourth-order valence-electron chi connectivity index (χ4n) is 3.72. The van der Waals surface area contributed by atoms with Gasteiger partial charge in [-0.3, -0.25) is 0 Å². The van der Waals surface area contributed by atoms with Gasteiger partial charge in [0.05, 0.1) is 6.07 Å². The van der Waals surface area contributed by atoms with Crippen LogP contribution in [0, 0.1) is 23.7 Å². The Balaban J connectivity index is 1.73. The molecule has 2 aliphatic carbocycles. The first-order chi connectivity index (χ1) is 8.65. The molecule has 1 nitrogen and oxygen atoms in total. The third kappa shape index (κ3) is 2.06. The molecule has 0 aromatic heterocycles. The summed E-state index contributed by atoms with van der Waals surface area (Å²) in [7, 11) is 0. The van der Waals surface area contributed by atoms with E-state index in [1.165, 1.54) is 36.1 Å². The van der Waals surface area contributed by atoms with Gasteiger partial charge >= 0.3 is 0 Å². The third-order valence-corrected chi connectivity index (χ3v) is 5.75. The van der Waals surface area contributed by atoms with Gasteiger partial charge in [0.2, 0.25) is 0 Å². The molecular weight excluding hydrogens is 238 g/mol. The highest BCUT2D eigenvalue weighted by Crippen LogP contribution is 2.63. The van der Waals surface area contributed by atoms with Crippen molar-refractivity contribution in [1.82, 2.24) is 0 Å². The first-order valence-corrected chi connectivity index (χ1v) is 7.64. The van der Waals surface area contributed by atoms with Crippen LogP contribution in [-0.2, 0) is 0 Å². The fraction of sp³-hybridized carbons (Fsp3) is 0.562. The molecule has 1 aromatic carbocycles. The van der Waals surface area contributed by atoms with E-state index in [1.54, 1.807) is 11.8 Å². The number of nitrogens with zero attached hydrogens (tertiary/aromatic N) is 1. The molecule has 0 unspecified atom stereocenters. The van der Waals surface area contributed by atoms with Gasteiger partial charge in [0, 0.05) is 4.90 Å². The smallest absolute Gasteiger partial charge is 0.108 e. The molecule has 0 bridgehead atoms. The minimum Gasteiger partial charge on any atom is -0.197 e. The van der Waals surface area contributed by atoms with E-state index in [0.717, 1.165) is 12.8 Å². The summed E-state index contributed by atoms with van der Waals surface area (Å²) in [4.78, 5) is 1.25. The molecule has 0 amide bonds. The SMILES string of the molecule is Cc1cccc(SC2(C#N)CC3(CCCC3)C2)c1. The summed E-state index contributed by atoms with van der Waals surface area (Å²) in [6, 6.07) is 11.1. The Kier molecular flexibility index (Phi) is 2.90. The Bertz CT molecular complexity index is 486. The normalized spacial score (nSPS) is 23.6. The molecule has 0 radical (unpaired) electrons. The van der Waals surface area contributed by atoms with Crippen LogP contribution in [0.4, 0.5) is 0 Å². The van der Waals surface area contributed by atoms with Crippen LogP contribution < -0.4 is 0 Å². The third-order valence-electron chi connectivity index (χ3n) is 4.49. The monoisotopic (exact) mass is 257 g/mol. The predicted molar refractivity (Wildman–Crippen MR) is 75.5 cm³/mol. The molecule has 0 saturated heterocycles. The van der Waals surface area contributed by atoms with E-state index >= 15 is 0 Å². The van der Waals surface area contributed by atoms with Crippen molar-refractivity contribution >= 4 is 11.8 Å². The number of hydrogen-bond acceptors (Lipinski definition) is 2. The second-order valence-corrected chi connectivity index (χ2v) is 7.54. The highest BCUT2D eigenvalue weighted by Gasteiger charge is 2.56. The Morgan fingerprint density at radius 3 is 2.56 bits per heavy atom. The Morgan fingerprint density at radius 1 is 1.22 bits per heavy atom. The van der Waals surface area contributed by atoms with Crippen LogP contribution in [0.15, 0.2) is 29.2 Å². The maximum atomic E-state index is 9.54. The quantitative estimate of drug-likeness (QED) is 0.766. The number of thioether (sulfide) groups is 1. The number of nitriles is 1. The van der Waals surface area contributed by atoms with Crippen molar-refractivity contribution in [2.24, 2.45) is 5.41 Å². The van der Waals surface area contributed by atoms with Gasteiger partial charge in [-0.25, -0.2) is 0 Å². The minimum absolute atomic E-state index is 0.141. The van der Waals surface area contributed by atoms with Crippen molar-refractivity contribution < 1.29 is 0 Å². The van der Waals surface area contributed by atoms with E-state index in [2.05, 4.69) is 37.3 Å². The summed E-state index contributed by atoms with van der Waals surface area (Å²) < 4.78 is -0.141. The maximum Gasteiger partial charge on any atom is 0.108 e. The van der Waals surface area contributed by atoms with E-state index < -0.39 is 0 Å². The summed E-state index contributed by atoms with van der Waals surface area (Å²) in [6.07, 6.45) is 7.66. The van der Waals surface area contributed by atoms with Crippen molar-refractivity contribution in [2.75, 3.05) is 0 Å². The lowest BCUT2D eigenvalue weighted by Crippen LogP contribution is -2.47. The molecule has 1 spiro atoms. The van der Waals surface area contributed by atoms with Crippen LogP contribution in [0.3, 0.4) is 0 Å². The van der Waals surface area contributed by atoms with Gasteiger partial charge < -0.3 is 0 Å². The number of benzene rings is 1. The molecule has 3 rings (SSSR count). The summed E-state index contributed by atoms with van der Waals surface area (Å²) >= 11 is 1.79. The molecule has 1 aromatic rings. The average molecular weight is 257 g/mol. The van der Waals surface area contributed by atoms with Crippen LogP contribution in [0.5, 0.6) is 0 Å². The highest BCUT2D eigenvalue weighted by molar-refractivity contribution is 8.01. The molecule has 2 heteroatoms. The summed E-state index contributed by atoms with van der Waals surface area (Å²) in [6.45, 7) is 2.11. The molecule has 0 atom stereocenters. The standard InChI is InChI=1S/C16H19NS/c1-13-5-4-6-14(9-13)18-16(12-17)10-15(11-16)7-2-3-8-15/h4-6,9H,2-3,7-8,10-11H2,1H3. The minimum atomic E-state index is -0.141. The van der Waals surface area contributed by atoms with Crippen LogP contribution in [-0.4, -0.2) is 4.75 Å². The van der Waals surface area contributed by atoms with Crippen LogP contribution in [0.1, 0.15) is 44.1 Å². The van der Waals surface area contributed by atoms with Crippen molar-refractivity contribution in [2.45, 2.75) is 55.1 Å². The lowest BCUT2D eigenvalue weighted by Gasteiger charge is -2.50. The number of aryl methyl sites for hydroxylation is 1. The van der Waals surface area contributed by atoms with Gasteiger partial charge in [-0.15, -0.1) is 11.8 Å². The number of rotatable bonds is 2. The van der Waals surface area contributed by atoms with Crippen LogP contribution >= 0.6 is 11.8 Å². The molecule has 2 fully saturated rings. The summed E-state index contributed by atoms with van der Waals surface area (Å²) in [5, 5.41) is 9.54. The molecule has 18 heavy (non-hydrogen) atoms. The maximum absolute atomic E-state index is 9.54. The second kappa shape index (κ2) is 4.31. The van der Waals surface area contributed by atoms with Crippen molar-refractivity contribution in [3.63, 3.8) is 0 Å². The molecule has 0 N–H and O–H groups in total. The number of hydrogen-bond donors (Lipinski definition) is 0. The predicted octanol–water partition coefficient (Wildman–Crippen LogP) is 4.70. The van der Waals surface area contributed by atoms with Gasteiger partial charge in [0.25, 0.3) is 0 Å². The topological polar surface area (TPSA) is 23.8 Å². The summed E-state index contributed by atoms with van der Waals surface area (Å²) in [5.41, 5.74) is 1.81. The van der Waals surface area contributed by atoms with E-state index in [1.807, 2.05) is 0 Å². The van der Waals surface area contributed by atoms with Gasteiger partial charge in [-0.05, 0) is 50.2 Å². The van der Waals surface area contributed by atoms with E-state index in [-0.39, 0.29) is 4.75 Å². The largest absolute Gasteiger partial charge is 0.197 e. The zero-order valence-electron chi connectivity index (χ0n) is 10.9. The first-order valence-electron chi connectivity index (χ1n) is 6.82. The van der Waals surface area contributed by atoms with Gasteiger partial charge in [-0.2, -0.15) is 5.26 Å². The lowest BCUT2D eigenvalue weighted by molar-refractivity contribution is 0.119. The van der Waals surface area contributed by atoms with Crippen LogP contribution in [0.25, 0.3) is 0 Å². The van der Waals surface area contributed by atoms with Gasteiger partial charge in [0.15, 0.2) is 0 Å². The Labute approximate surface area is 114 Å². The van der Waals surface area contributed by atoms with E-state index in [4.69, 9.17) is 0 Å². The average Bonchev–Trinajstić information content (AvgIpc) is 2.77. The van der Waals surface area contributed by atoms with Crippen molar-refractivity contribution in [3.05, 3.63) is 29.8 Å². The zero-order chi connectivity index (χ0) is 12.6. The molecule has 2 aliphatic rings. The molecule has 0 heterocycles. The van der Waals surface area contributed by atoms with Gasteiger partial charge in [-0.1, -0.05) is 30.5 Å². The van der Waals surface area contributed by atoms with Gasteiger partial charge in [0.1, 0.15) is 4.75 Å². The van der Waals surface area contributed by atoms with Crippen LogP contribution in [0.2, 0.25) is 0 Å². The highest BCUT2D eigenvalue weighted by atomic mass is 32.2. The first kappa shape index (κ1) is 12.1. The van der Waals surface area contributed by atoms with E-state index in [0.29, 0.717) is 5.41 Å². The van der Waals surface area contributed by atoms with Crippen molar-refractivity contribution in [3.8, 4) is 6.07 Å². The van der Waals surface area contributed by atoms with Crippen molar-refractivity contribution in [1.29, 1.82) is 5.26 Å². The van der Waals surface area contributed by atoms with E-state index in [9.17, 15) is 5.26 Å². The molecular formula is C16H19NS. The second-order valence-electron chi connectivity index (χ2n) is 6.09. The lowest BCUT2D eigenvalue weighted by atomic mass is 9.61. The Hall–Kier alpha value is -0.940. The Morgan fingerprint density at radius 2 is 1.94 bits per heavy atom. The molecule has 94 valence electrons. The zero-order valence-corrected chi connectivity index (χ0v) is 11.7.